The quantitative estimate of drug-likeness (QED) is 0.657. The van der Waals surface area contributed by atoms with E-state index in [-0.39, 0.29) is 17.4 Å². The zero-order chi connectivity index (χ0) is 14.3. The van der Waals surface area contributed by atoms with Crippen molar-refractivity contribution in [1.29, 1.82) is 0 Å². The molecule has 0 aromatic heterocycles. The first-order chi connectivity index (χ1) is 8.15. The number of nitrogens with one attached hydrogen (secondary N) is 2. The summed E-state index contributed by atoms with van der Waals surface area (Å²) in [6, 6.07) is -0.509. The van der Waals surface area contributed by atoms with Crippen molar-refractivity contribution < 1.29 is 9.59 Å². The average Bonchev–Trinajstić information content (AvgIpc) is 2.23. The summed E-state index contributed by atoms with van der Waals surface area (Å²) in [6.45, 7) is 9.98. The van der Waals surface area contributed by atoms with Crippen LogP contribution in [0.25, 0.3) is 0 Å². The fourth-order valence-electron chi connectivity index (χ4n) is 1.35. The third-order valence-electron chi connectivity index (χ3n) is 2.54. The molecule has 18 heavy (non-hydrogen) atoms. The number of hydrogen-bond donors (Lipinski definition) is 3. The van der Waals surface area contributed by atoms with Crippen LogP contribution in [0.4, 0.5) is 0 Å². The van der Waals surface area contributed by atoms with Crippen LogP contribution in [0.2, 0.25) is 0 Å². The van der Waals surface area contributed by atoms with E-state index in [0.29, 0.717) is 18.9 Å². The van der Waals surface area contributed by atoms with Crippen LogP contribution in [-0.4, -0.2) is 29.9 Å². The Labute approximate surface area is 110 Å². The normalized spacial score (nSPS) is 14.8. The topological polar surface area (TPSA) is 84.2 Å². The van der Waals surface area contributed by atoms with Gasteiger partial charge in [0.15, 0.2) is 0 Å². The van der Waals surface area contributed by atoms with Gasteiger partial charge in [0.05, 0.1) is 0 Å². The van der Waals surface area contributed by atoms with Gasteiger partial charge < -0.3 is 16.4 Å². The third kappa shape index (κ3) is 8.06. The van der Waals surface area contributed by atoms with Gasteiger partial charge in [-0.15, -0.1) is 0 Å². The Bertz CT molecular complexity index is 284. The lowest BCUT2D eigenvalue weighted by Gasteiger charge is -2.23. The Hall–Kier alpha value is -1.10. The molecule has 0 rings (SSSR count). The van der Waals surface area contributed by atoms with Crippen molar-refractivity contribution in [3.63, 3.8) is 0 Å². The van der Waals surface area contributed by atoms with Crippen molar-refractivity contribution in [3.8, 4) is 0 Å². The van der Waals surface area contributed by atoms with E-state index in [1.54, 1.807) is 6.92 Å². The predicted molar refractivity (Wildman–Crippen MR) is 73.0 cm³/mol. The molecule has 5 heteroatoms. The molecule has 0 radical (unpaired) electrons. The molecule has 5 nitrogen and oxygen atoms in total. The summed E-state index contributed by atoms with van der Waals surface area (Å²) in [4.78, 5) is 23.4. The van der Waals surface area contributed by atoms with Gasteiger partial charge in [-0.25, -0.2) is 0 Å². The maximum atomic E-state index is 11.7. The number of nitrogens with two attached hydrogens (primary N) is 1. The third-order valence-corrected chi connectivity index (χ3v) is 2.54. The molecule has 106 valence electrons. The summed E-state index contributed by atoms with van der Waals surface area (Å²) in [6.07, 6.45) is 1.15. The second-order valence-electron chi connectivity index (χ2n) is 5.91. The minimum absolute atomic E-state index is 0.105. The van der Waals surface area contributed by atoms with Gasteiger partial charge in [-0.05, 0) is 46.6 Å². The minimum atomic E-state index is -0.509. The van der Waals surface area contributed by atoms with Crippen LogP contribution >= 0.6 is 0 Å². The Kier molecular flexibility index (Phi) is 6.91. The predicted octanol–water partition coefficient (Wildman–Crippen LogP) is 0.781. The number of rotatable bonds is 6. The van der Waals surface area contributed by atoms with Crippen LogP contribution in [0.15, 0.2) is 0 Å². The zero-order valence-electron chi connectivity index (χ0n) is 12.2. The molecule has 2 atom stereocenters. The number of carbonyl (C=O) groups excluding carboxylic acids is 2. The van der Waals surface area contributed by atoms with E-state index in [2.05, 4.69) is 10.6 Å². The first kappa shape index (κ1) is 16.9. The first-order valence-electron chi connectivity index (χ1n) is 6.47. The summed E-state index contributed by atoms with van der Waals surface area (Å²) in [5, 5.41) is 5.52. The molecule has 2 unspecified atom stereocenters. The largest absolute Gasteiger partial charge is 0.350 e. The van der Waals surface area contributed by atoms with Gasteiger partial charge >= 0.3 is 0 Å². The van der Waals surface area contributed by atoms with Crippen LogP contribution in [-0.2, 0) is 9.59 Å². The summed E-state index contributed by atoms with van der Waals surface area (Å²) in [7, 11) is 0. The fourth-order valence-corrected chi connectivity index (χ4v) is 1.35. The average molecular weight is 257 g/mol. The molecule has 0 bridgehead atoms. The smallest absolute Gasteiger partial charge is 0.242 e. The Morgan fingerprint density at radius 3 is 2.22 bits per heavy atom. The lowest BCUT2D eigenvalue weighted by molar-refractivity contribution is -0.129. The summed E-state index contributed by atoms with van der Waals surface area (Å²) < 4.78 is 0. The molecule has 0 aromatic carbocycles. The fraction of sp³-hybridized carbons (Fsp3) is 0.846. The molecule has 0 aliphatic carbocycles. The second-order valence-corrected chi connectivity index (χ2v) is 5.91. The van der Waals surface area contributed by atoms with Crippen molar-refractivity contribution in [2.75, 3.05) is 6.54 Å². The van der Waals surface area contributed by atoms with E-state index in [1.807, 2.05) is 27.7 Å². The van der Waals surface area contributed by atoms with Crippen LogP contribution < -0.4 is 16.4 Å². The molecule has 0 saturated carbocycles. The standard InChI is InChI=1S/C13H27N3O2/c1-9(8-14)6-7-11(17)15-10(2)12(18)16-13(3,4)5/h9-10H,6-8,14H2,1-5H3,(H,15,17)(H,16,18). The Morgan fingerprint density at radius 1 is 1.22 bits per heavy atom. The highest BCUT2D eigenvalue weighted by Gasteiger charge is 2.20. The van der Waals surface area contributed by atoms with Gasteiger partial charge in [-0.1, -0.05) is 6.92 Å². The van der Waals surface area contributed by atoms with Crippen molar-refractivity contribution >= 4 is 11.8 Å². The molecule has 0 spiro atoms. The molecule has 0 aliphatic heterocycles. The Morgan fingerprint density at radius 2 is 1.78 bits per heavy atom. The number of carbonyl (C=O) groups is 2. The molecule has 0 aromatic rings. The van der Waals surface area contributed by atoms with Crippen molar-refractivity contribution in [1.82, 2.24) is 10.6 Å². The highest BCUT2D eigenvalue weighted by Crippen LogP contribution is 2.03. The Balaban J connectivity index is 4.04. The van der Waals surface area contributed by atoms with Gasteiger partial charge in [0, 0.05) is 12.0 Å². The highest BCUT2D eigenvalue weighted by atomic mass is 16.2. The monoisotopic (exact) mass is 257 g/mol. The minimum Gasteiger partial charge on any atom is -0.350 e. The highest BCUT2D eigenvalue weighted by molar-refractivity contribution is 5.87. The molecule has 4 N–H and O–H groups in total. The molecular weight excluding hydrogens is 230 g/mol. The zero-order valence-corrected chi connectivity index (χ0v) is 12.2. The van der Waals surface area contributed by atoms with Gasteiger partial charge in [-0.3, -0.25) is 9.59 Å². The van der Waals surface area contributed by atoms with E-state index in [4.69, 9.17) is 5.73 Å². The number of hydrogen-bond acceptors (Lipinski definition) is 3. The number of amides is 2. The van der Waals surface area contributed by atoms with Crippen molar-refractivity contribution in [3.05, 3.63) is 0 Å². The molecule has 0 saturated heterocycles. The lowest BCUT2D eigenvalue weighted by Crippen LogP contribution is -2.50. The first-order valence-corrected chi connectivity index (χ1v) is 6.47. The SMILES string of the molecule is CC(CN)CCC(=O)NC(C)C(=O)NC(C)(C)C. The maximum Gasteiger partial charge on any atom is 0.242 e. The van der Waals surface area contributed by atoms with E-state index in [9.17, 15) is 9.59 Å². The van der Waals surface area contributed by atoms with Crippen LogP contribution in [0.5, 0.6) is 0 Å². The summed E-state index contributed by atoms with van der Waals surface area (Å²) in [5.41, 5.74) is 5.19. The molecular formula is C13H27N3O2. The van der Waals surface area contributed by atoms with Crippen molar-refractivity contribution in [2.45, 2.75) is 59.0 Å². The van der Waals surface area contributed by atoms with E-state index in [0.717, 1.165) is 6.42 Å². The van der Waals surface area contributed by atoms with E-state index in [1.165, 1.54) is 0 Å². The van der Waals surface area contributed by atoms with Crippen LogP contribution in [0.3, 0.4) is 0 Å². The molecule has 2 amide bonds. The maximum absolute atomic E-state index is 11.7. The van der Waals surface area contributed by atoms with Crippen LogP contribution in [0.1, 0.15) is 47.5 Å². The molecule has 0 heterocycles. The summed E-state index contributed by atoms with van der Waals surface area (Å²) in [5.74, 6) is 0.0593. The van der Waals surface area contributed by atoms with E-state index < -0.39 is 6.04 Å². The second kappa shape index (κ2) is 7.36. The molecule has 0 fully saturated rings. The van der Waals surface area contributed by atoms with Crippen LogP contribution in [0, 0.1) is 5.92 Å². The van der Waals surface area contributed by atoms with Gasteiger partial charge in [0.2, 0.25) is 11.8 Å². The van der Waals surface area contributed by atoms with E-state index >= 15 is 0 Å². The lowest BCUT2D eigenvalue weighted by atomic mass is 10.1. The van der Waals surface area contributed by atoms with Gasteiger partial charge in [0.1, 0.15) is 6.04 Å². The van der Waals surface area contributed by atoms with Gasteiger partial charge in [0.25, 0.3) is 0 Å². The molecule has 0 aliphatic rings. The summed E-state index contributed by atoms with van der Waals surface area (Å²) >= 11 is 0. The van der Waals surface area contributed by atoms with Crippen molar-refractivity contribution in [2.24, 2.45) is 11.7 Å². The van der Waals surface area contributed by atoms with Gasteiger partial charge in [-0.2, -0.15) is 0 Å².